The van der Waals surface area contributed by atoms with Crippen LogP contribution in [0, 0.1) is 11.8 Å². The molecule has 0 fully saturated rings. The summed E-state index contributed by atoms with van der Waals surface area (Å²) in [5, 5.41) is 16.7. The first-order valence-electron chi connectivity index (χ1n) is 13.8. The normalized spacial score (nSPS) is 31.6. The zero-order chi connectivity index (χ0) is 31.6. The standard InChI is InChI=1S/C31H43N3O8/c1-8-12-33-26-21-13-17(2)14-25(41-7)27(36)19(4)15-20(5)29(42-31(32)39)24(40-6)11-9-10-18(3)30(38)34-22(28(21)37)16-23(26)35/h8-11,15-17,19,24-25,27,29,33,36H,1,12-14H2,2-7H3,(H2,32,39)(H,34,38)/b11-9-,18-10+,20-15+/t17-,19+,24+,25+,27-,29?/m1/s1. The molecule has 2 bridgehead atoms. The third-order valence-electron chi connectivity index (χ3n) is 7.22. The first kappa shape index (κ1) is 34.4. The van der Waals surface area contributed by atoms with Crippen LogP contribution in [0.25, 0.3) is 0 Å². The van der Waals surface area contributed by atoms with Crippen molar-refractivity contribution < 1.29 is 38.5 Å². The van der Waals surface area contributed by atoms with Crippen molar-refractivity contribution in [1.29, 1.82) is 0 Å². The van der Waals surface area contributed by atoms with Gasteiger partial charge in [-0.25, -0.2) is 4.79 Å². The zero-order valence-electron chi connectivity index (χ0n) is 25.1. The molecular formula is C31H43N3O8. The fraction of sp³-hybridized carbons (Fsp3) is 0.484. The molecule has 0 radical (unpaired) electrons. The first-order valence-corrected chi connectivity index (χ1v) is 13.8. The predicted molar refractivity (Wildman–Crippen MR) is 158 cm³/mol. The number of nitrogens with one attached hydrogen (secondary N) is 2. The van der Waals surface area contributed by atoms with Gasteiger partial charge in [0.15, 0.2) is 6.10 Å². The van der Waals surface area contributed by atoms with E-state index >= 15 is 0 Å². The van der Waals surface area contributed by atoms with Gasteiger partial charge in [-0.05, 0) is 38.2 Å². The van der Waals surface area contributed by atoms with E-state index in [0.717, 1.165) is 6.08 Å². The van der Waals surface area contributed by atoms with Crippen LogP contribution in [-0.4, -0.2) is 73.9 Å². The van der Waals surface area contributed by atoms with Crippen molar-refractivity contribution in [1.82, 2.24) is 10.6 Å². The molecule has 2 aliphatic rings. The van der Waals surface area contributed by atoms with Gasteiger partial charge in [0, 0.05) is 43.9 Å². The summed E-state index contributed by atoms with van der Waals surface area (Å²) in [5.74, 6) is -2.14. The molecule has 2 amide bonds. The SMILES string of the molecule is C=CCNC1=C2C[C@@H](C)C[C@H](OC)[C@H](O)[C@@H](C)/C=C(\C)C(OC(N)=O)[C@@H](OC)/C=C\C=C(/C)C(=O)NC(=CC1=O)C2=O. The lowest BCUT2D eigenvalue weighted by atomic mass is 9.85. The second kappa shape index (κ2) is 16.0. The minimum atomic E-state index is -1.00. The molecular weight excluding hydrogens is 542 g/mol. The molecule has 0 saturated heterocycles. The highest BCUT2D eigenvalue weighted by Crippen LogP contribution is 2.28. The Kier molecular flexibility index (Phi) is 13.1. The maximum atomic E-state index is 13.5. The number of aliphatic hydroxyl groups excluding tert-OH is 1. The number of hydrogen-bond donors (Lipinski definition) is 4. The van der Waals surface area contributed by atoms with Gasteiger partial charge in [-0.2, -0.15) is 0 Å². The van der Waals surface area contributed by atoms with Crippen molar-refractivity contribution >= 4 is 23.6 Å². The highest BCUT2D eigenvalue weighted by molar-refractivity contribution is 6.23. The van der Waals surface area contributed by atoms with Crippen LogP contribution in [0.1, 0.15) is 40.5 Å². The average Bonchev–Trinajstić information content (AvgIpc) is 2.94. The Bertz CT molecular complexity index is 1210. The molecule has 11 nitrogen and oxygen atoms in total. The number of rotatable bonds is 6. The minimum absolute atomic E-state index is 0.132. The van der Waals surface area contributed by atoms with E-state index in [1.165, 1.54) is 20.3 Å². The van der Waals surface area contributed by atoms with Crippen LogP contribution in [0.3, 0.4) is 0 Å². The van der Waals surface area contributed by atoms with Gasteiger partial charge in [-0.3, -0.25) is 14.4 Å². The maximum absolute atomic E-state index is 13.5. The Morgan fingerprint density at radius 1 is 1.21 bits per heavy atom. The maximum Gasteiger partial charge on any atom is 0.405 e. The predicted octanol–water partition coefficient (Wildman–Crippen LogP) is 2.54. The third kappa shape index (κ3) is 9.10. The lowest BCUT2D eigenvalue weighted by Crippen LogP contribution is -2.37. The van der Waals surface area contributed by atoms with E-state index in [-0.39, 0.29) is 41.4 Å². The molecule has 0 spiro atoms. The van der Waals surface area contributed by atoms with Crippen LogP contribution in [0.2, 0.25) is 0 Å². The number of ether oxygens (including phenoxy) is 3. The summed E-state index contributed by atoms with van der Waals surface area (Å²) >= 11 is 0. The summed E-state index contributed by atoms with van der Waals surface area (Å²) in [6.07, 6.45) is 5.34. The molecule has 0 aromatic heterocycles. The fourth-order valence-corrected chi connectivity index (χ4v) is 4.95. The highest BCUT2D eigenvalue weighted by Gasteiger charge is 2.33. The Labute approximate surface area is 247 Å². The van der Waals surface area contributed by atoms with Crippen LogP contribution in [-0.2, 0) is 28.6 Å². The van der Waals surface area contributed by atoms with E-state index in [2.05, 4.69) is 17.2 Å². The minimum Gasteiger partial charge on any atom is -0.439 e. The molecule has 6 atom stereocenters. The Hall–Kier alpha value is -3.80. The number of primary amides is 1. The van der Waals surface area contributed by atoms with Crippen molar-refractivity contribution in [3.05, 3.63) is 71.1 Å². The van der Waals surface area contributed by atoms with Crippen LogP contribution in [0.4, 0.5) is 4.79 Å². The Morgan fingerprint density at radius 3 is 2.50 bits per heavy atom. The quantitative estimate of drug-likeness (QED) is 0.271. The second-order valence-electron chi connectivity index (χ2n) is 10.6. The van der Waals surface area contributed by atoms with E-state index in [0.29, 0.717) is 12.0 Å². The van der Waals surface area contributed by atoms with Gasteiger partial charge < -0.3 is 35.7 Å². The van der Waals surface area contributed by atoms with Gasteiger partial charge in [0.05, 0.1) is 23.6 Å². The van der Waals surface area contributed by atoms with Crippen molar-refractivity contribution in [2.24, 2.45) is 17.6 Å². The zero-order valence-corrected chi connectivity index (χ0v) is 25.1. The fourth-order valence-electron chi connectivity index (χ4n) is 4.95. The number of carbonyl (C=O) groups excluding carboxylic acids is 4. The Balaban J connectivity index is 2.62. The number of fused-ring (bicyclic) bond motifs is 2. The topological polar surface area (TPSA) is 166 Å². The summed E-state index contributed by atoms with van der Waals surface area (Å²) in [5.41, 5.74) is 6.42. The van der Waals surface area contributed by atoms with Crippen LogP contribution < -0.4 is 16.4 Å². The van der Waals surface area contributed by atoms with Crippen molar-refractivity contribution in [3.8, 4) is 0 Å². The molecule has 1 aliphatic carbocycles. The van der Waals surface area contributed by atoms with E-state index < -0.39 is 53.9 Å². The number of hydrogen-bond acceptors (Lipinski definition) is 9. The number of nitrogens with two attached hydrogens (primary N) is 1. The first-order chi connectivity index (χ1) is 19.8. The number of Topliss-reactive ketones (excluding diaryl/α,β-unsaturated/α-hetero) is 1. The molecule has 0 aromatic rings. The molecule has 2 rings (SSSR count). The molecule has 11 heteroatoms. The van der Waals surface area contributed by atoms with E-state index in [4.69, 9.17) is 19.9 Å². The summed E-state index contributed by atoms with van der Waals surface area (Å²) < 4.78 is 16.6. The second-order valence-corrected chi connectivity index (χ2v) is 10.6. The summed E-state index contributed by atoms with van der Waals surface area (Å²) in [6.45, 7) is 10.9. The number of aliphatic hydroxyl groups is 1. The average molecular weight is 586 g/mol. The van der Waals surface area contributed by atoms with Crippen LogP contribution in [0.5, 0.6) is 0 Å². The van der Waals surface area contributed by atoms with Crippen LogP contribution >= 0.6 is 0 Å². The van der Waals surface area contributed by atoms with Crippen molar-refractivity contribution in [2.75, 3.05) is 20.8 Å². The smallest absolute Gasteiger partial charge is 0.405 e. The monoisotopic (exact) mass is 585 g/mol. The molecule has 42 heavy (non-hydrogen) atoms. The van der Waals surface area contributed by atoms with E-state index in [1.807, 2.05) is 6.92 Å². The van der Waals surface area contributed by atoms with Crippen molar-refractivity contribution in [3.63, 3.8) is 0 Å². The summed E-state index contributed by atoms with van der Waals surface area (Å²) in [6, 6.07) is 0. The van der Waals surface area contributed by atoms with Gasteiger partial charge in [-0.15, -0.1) is 6.58 Å². The summed E-state index contributed by atoms with van der Waals surface area (Å²) in [4.78, 5) is 51.3. The molecule has 1 unspecified atom stereocenters. The van der Waals surface area contributed by atoms with Crippen molar-refractivity contribution in [2.45, 2.75) is 65.0 Å². The Morgan fingerprint density at radius 2 is 1.90 bits per heavy atom. The van der Waals surface area contributed by atoms with Gasteiger partial charge in [-0.1, -0.05) is 44.2 Å². The molecule has 230 valence electrons. The number of amides is 2. The largest absolute Gasteiger partial charge is 0.439 e. The van der Waals surface area contributed by atoms with E-state index in [1.54, 1.807) is 45.1 Å². The molecule has 5 N–H and O–H groups in total. The molecule has 0 aromatic carbocycles. The lowest BCUT2D eigenvalue weighted by Gasteiger charge is -2.30. The van der Waals surface area contributed by atoms with Crippen LogP contribution in [0.15, 0.2) is 71.1 Å². The molecule has 1 aliphatic heterocycles. The van der Waals surface area contributed by atoms with Gasteiger partial charge in [0.1, 0.15) is 6.10 Å². The highest BCUT2D eigenvalue weighted by atomic mass is 16.6. The number of methoxy groups -OCH3 is 2. The van der Waals surface area contributed by atoms with Gasteiger partial charge in [0.25, 0.3) is 5.91 Å². The number of ketones is 2. The lowest BCUT2D eigenvalue weighted by molar-refractivity contribution is -0.120. The summed E-state index contributed by atoms with van der Waals surface area (Å²) in [7, 11) is 2.92. The third-order valence-corrected chi connectivity index (χ3v) is 7.22. The number of carbonyl (C=O) groups is 4. The molecule has 1 heterocycles. The van der Waals surface area contributed by atoms with Gasteiger partial charge in [0.2, 0.25) is 11.6 Å². The number of allylic oxidation sites excluding steroid dienone is 4. The van der Waals surface area contributed by atoms with Gasteiger partial charge >= 0.3 is 6.09 Å². The molecule has 0 saturated carbocycles. The van der Waals surface area contributed by atoms with E-state index in [9.17, 15) is 24.3 Å².